The molecule has 0 aliphatic rings. The average molecular weight is 437 g/mol. The van der Waals surface area contributed by atoms with Crippen molar-refractivity contribution >= 4 is 27.9 Å². The number of aliphatic imine (C=N–C) groups is 1. The molecule has 8 heteroatoms. The first kappa shape index (κ1) is 20.8. The van der Waals surface area contributed by atoms with Gasteiger partial charge in [0.25, 0.3) is 0 Å². The number of aryl methyl sites for hydroxylation is 1. The smallest absolute Gasteiger partial charge is 0.341 e. The van der Waals surface area contributed by atoms with Gasteiger partial charge in [-0.3, -0.25) is 4.99 Å². The first-order chi connectivity index (χ1) is 12.9. The zero-order valence-corrected chi connectivity index (χ0v) is 17.8. The second-order valence-corrected chi connectivity index (χ2v) is 6.96. The van der Waals surface area contributed by atoms with E-state index in [-0.39, 0.29) is 0 Å². The average Bonchev–Trinajstić information content (AvgIpc) is 2.98. The molecule has 1 N–H and O–H groups in total. The molecule has 0 fully saturated rings. The van der Waals surface area contributed by atoms with Crippen molar-refractivity contribution in [3.05, 3.63) is 51.8 Å². The Kier molecular flexibility index (Phi) is 7.29. The van der Waals surface area contributed by atoms with E-state index in [1.807, 2.05) is 37.3 Å². The molecule has 0 spiro atoms. The maximum atomic E-state index is 11.8. The standard InChI is InChI=1S/C19H25BrN4O3/c1-21-19(24(3)12-15-9-14(20)11-23(15)2)22-10-13-6-7-16(18(25)27-5)17(8-13)26-4/h6-9,11H,10,12H2,1-5H3,(H,21,22). The van der Waals surface area contributed by atoms with Gasteiger partial charge in [0, 0.05) is 44.1 Å². The number of carbonyl (C=O) groups excluding carboxylic acids is 1. The summed E-state index contributed by atoms with van der Waals surface area (Å²) in [5.74, 6) is 0.831. The third-order valence-corrected chi connectivity index (χ3v) is 4.60. The first-order valence-corrected chi connectivity index (χ1v) is 9.16. The molecular weight excluding hydrogens is 412 g/mol. The lowest BCUT2D eigenvalue weighted by Gasteiger charge is -2.22. The van der Waals surface area contributed by atoms with Crippen LogP contribution in [0.15, 0.2) is 39.9 Å². The normalized spacial score (nSPS) is 11.3. The number of nitrogens with zero attached hydrogens (tertiary/aromatic N) is 3. The van der Waals surface area contributed by atoms with Crippen LogP contribution in [0.25, 0.3) is 0 Å². The SMILES string of the molecule is CN=C(NCc1ccc(C(=O)OC)c(OC)c1)N(C)Cc1cc(Br)cn1C. The molecule has 1 aromatic carbocycles. The Morgan fingerprint density at radius 2 is 2.07 bits per heavy atom. The second kappa shape index (κ2) is 9.45. The third kappa shape index (κ3) is 5.26. The first-order valence-electron chi connectivity index (χ1n) is 8.37. The minimum atomic E-state index is -0.421. The number of carbonyl (C=O) groups is 1. The van der Waals surface area contributed by atoms with Gasteiger partial charge in [0.2, 0.25) is 0 Å². The van der Waals surface area contributed by atoms with Gasteiger partial charge in [0.1, 0.15) is 11.3 Å². The molecule has 0 aliphatic heterocycles. The fourth-order valence-corrected chi connectivity index (χ4v) is 3.30. The predicted molar refractivity (Wildman–Crippen MR) is 109 cm³/mol. The summed E-state index contributed by atoms with van der Waals surface area (Å²) in [4.78, 5) is 18.1. The van der Waals surface area contributed by atoms with Gasteiger partial charge in [-0.05, 0) is 39.7 Å². The monoisotopic (exact) mass is 436 g/mol. The molecular formula is C19H25BrN4O3. The molecule has 0 unspecified atom stereocenters. The molecule has 2 aromatic rings. The Morgan fingerprint density at radius 1 is 1.33 bits per heavy atom. The minimum Gasteiger partial charge on any atom is -0.496 e. The summed E-state index contributed by atoms with van der Waals surface area (Å²) in [7, 11) is 8.63. The molecule has 2 rings (SSSR count). The van der Waals surface area contributed by atoms with E-state index < -0.39 is 5.97 Å². The summed E-state index contributed by atoms with van der Waals surface area (Å²) in [6.45, 7) is 1.26. The van der Waals surface area contributed by atoms with Crippen molar-refractivity contribution in [2.75, 3.05) is 28.3 Å². The molecule has 0 aliphatic carbocycles. The predicted octanol–water partition coefficient (Wildman–Crippen LogP) is 2.79. The maximum Gasteiger partial charge on any atom is 0.341 e. The third-order valence-electron chi connectivity index (χ3n) is 4.17. The van der Waals surface area contributed by atoms with Crippen molar-refractivity contribution in [2.45, 2.75) is 13.1 Å². The highest BCUT2D eigenvalue weighted by Crippen LogP contribution is 2.21. The van der Waals surface area contributed by atoms with Crippen LogP contribution in [-0.2, 0) is 24.9 Å². The van der Waals surface area contributed by atoms with Gasteiger partial charge in [0.15, 0.2) is 5.96 Å². The van der Waals surface area contributed by atoms with Crippen molar-refractivity contribution in [3.63, 3.8) is 0 Å². The summed E-state index contributed by atoms with van der Waals surface area (Å²) < 4.78 is 13.2. The van der Waals surface area contributed by atoms with Crippen LogP contribution >= 0.6 is 15.9 Å². The quantitative estimate of drug-likeness (QED) is 0.428. The van der Waals surface area contributed by atoms with Gasteiger partial charge in [-0.1, -0.05) is 6.07 Å². The molecule has 0 saturated carbocycles. The van der Waals surface area contributed by atoms with Gasteiger partial charge in [0.05, 0.1) is 20.8 Å². The van der Waals surface area contributed by atoms with Crippen LogP contribution in [0.1, 0.15) is 21.6 Å². The molecule has 7 nitrogen and oxygen atoms in total. The lowest BCUT2D eigenvalue weighted by molar-refractivity contribution is 0.0597. The van der Waals surface area contributed by atoms with E-state index in [4.69, 9.17) is 9.47 Å². The number of nitrogens with one attached hydrogen (secondary N) is 1. The van der Waals surface area contributed by atoms with Crippen molar-refractivity contribution in [3.8, 4) is 5.75 Å². The van der Waals surface area contributed by atoms with Crippen molar-refractivity contribution in [1.82, 2.24) is 14.8 Å². The van der Waals surface area contributed by atoms with Crippen LogP contribution in [0, 0.1) is 0 Å². The van der Waals surface area contributed by atoms with E-state index >= 15 is 0 Å². The molecule has 1 aromatic heterocycles. The highest BCUT2D eigenvalue weighted by atomic mass is 79.9. The second-order valence-electron chi connectivity index (χ2n) is 6.04. The van der Waals surface area contributed by atoms with E-state index in [0.29, 0.717) is 24.4 Å². The Bertz CT molecular complexity index is 832. The summed E-state index contributed by atoms with van der Waals surface area (Å²) in [5, 5.41) is 3.33. The molecule has 1 heterocycles. The van der Waals surface area contributed by atoms with Crippen LogP contribution in [0.5, 0.6) is 5.75 Å². The lowest BCUT2D eigenvalue weighted by Crippen LogP contribution is -2.38. The number of methoxy groups -OCH3 is 2. The molecule has 0 radical (unpaired) electrons. The fourth-order valence-electron chi connectivity index (χ4n) is 2.73. The van der Waals surface area contributed by atoms with Gasteiger partial charge in [-0.15, -0.1) is 0 Å². The molecule has 146 valence electrons. The van der Waals surface area contributed by atoms with E-state index in [1.54, 1.807) is 13.1 Å². The minimum absolute atomic E-state index is 0.402. The topological polar surface area (TPSA) is 68.1 Å². The molecule has 0 saturated heterocycles. The van der Waals surface area contributed by atoms with Crippen LogP contribution in [-0.4, -0.2) is 49.7 Å². The van der Waals surface area contributed by atoms with E-state index in [0.717, 1.165) is 21.7 Å². The number of aromatic nitrogens is 1. The Hall–Kier alpha value is -2.48. The van der Waals surface area contributed by atoms with Gasteiger partial charge >= 0.3 is 5.97 Å². The molecule has 0 amide bonds. The summed E-state index contributed by atoms with van der Waals surface area (Å²) >= 11 is 3.49. The van der Waals surface area contributed by atoms with Crippen LogP contribution in [0.4, 0.5) is 0 Å². The highest BCUT2D eigenvalue weighted by Gasteiger charge is 2.14. The summed E-state index contributed by atoms with van der Waals surface area (Å²) in [5.41, 5.74) is 2.53. The van der Waals surface area contributed by atoms with E-state index in [2.05, 4.69) is 36.9 Å². The molecule has 27 heavy (non-hydrogen) atoms. The van der Waals surface area contributed by atoms with E-state index in [1.165, 1.54) is 14.2 Å². The lowest BCUT2D eigenvalue weighted by atomic mass is 10.1. The Labute approximate surface area is 168 Å². The van der Waals surface area contributed by atoms with Crippen molar-refractivity contribution in [1.29, 1.82) is 0 Å². The zero-order chi connectivity index (χ0) is 20.0. The number of hydrogen-bond acceptors (Lipinski definition) is 4. The van der Waals surface area contributed by atoms with Crippen LogP contribution in [0.3, 0.4) is 0 Å². The number of guanidine groups is 1. The highest BCUT2D eigenvalue weighted by molar-refractivity contribution is 9.10. The number of ether oxygens (including phenoxy) is 2. The Balaban J connectivity index is 2.05. The van der Waals surface area contributed by atoms with Gasteiger partial charge < -0.3 is 24.3 Å². The molecule has 0 bridgehead atoms. The largest absolute Gasteiger partial charge is 0.496 e. The fraction of sp³-hybridized carbons (Fsp3) is 0.368. The van der Waals surface area contributed by atoms with Crippen molar-refractivity contribution < 1.29 is 14.3 Å². The zero-order valence-electron chi connectivity index (χ0n) is 16.2. The van der Waals surface area contributed by atoms with Crippen LogP contribution < -0.4 is 10.1 Å². The number of esters is 1. The van der Waals surface area contributed by atoms with Gasteiger partial charge in [-0.25, -0.2) is 4.79 Å². The van der Waals surface area contributed by atoms with Gasteiger partial charge in [-0.2, -0.15) is 0 Å². The Morgan fingerprint density at radius 3 is 2.63 bits per heavy atom. The van der Waals surface area contributed by atoms with E-state index in [9.17, 15) is 4.79 Å². The number of hydrogen-bond donors (Lipinski definition) is 1. The number of benzene rings is 1. The van der Waals surface area contributed by atoms with Crippen LogP contribution in [0.2, 0.25) is 0 Å². The maximum absolute atomic E-state index is 11.8. The summed E-state index contributed by atoms with van der Waals surface area (Å²) in [6.07, 6.45) is 2.02. The number of halogens is 1. The summed E-state index contributed by atoms with van der Waals surface area (Å²) in [6, 6.07) is 7.47. The van der Waals surface area contributed by atoms with Crippen molar-refractivity contribution in [2.24, 2.45) is 12.0 Å². The number of rotatable bonds is 6. The molecule has 0 atom stereocenters.